The van der Waals surface area contributed by atoms with Crippen LogP contribution in [-0.4, -0.2) is 15.0 Å². The number of hydrogen-bond acceptors (Lipinski definition) is 3. The Morgan fingerprint density at radius 1 is 1.14 bits per heavy atom. The van der Waals surface area contributed by atoms with Gasteiger partial charge in [-0.15, -0.1) is 0 Å². The van der Waals surface area contributed by atoms with E-state index in [1.807, 2.05) is 6.92 Å². The van der Waals surface area contributed by atoms with Gasteiger partial charge in [0.05, 0.1) is 17.2 Å². The van der Waals surface area contributed by atoms with Crippen LogP contribution in [0.2, 0.25) is 0 Å². The molecular weight excluding hydrogens is 293 g/mol. The van der Waals surface area contributed by atoms with Crippen molar-refractivity contribution in [3.05, 3.63) is 54.3 Å². The first kappa shape index (κ1) is 15.3. The molecule has 0 fully saturated rings. The molecule has 0 radical (unpaired) electrons. The Kier molecular flexibility index (Phi) is 4.80. The van der Waals surface area contributed by atoms with E-state index in [1.165, 1.54) is 30.3 Å². The molecule has 112 valence electrons. The number of rotatable bonds is 6. The summed E-state index contributed by atoms with van der Waals surface area (Å²) in [5.74, 6) is 0.111. The molecule has 1 N–H and O–H groups in total. The van der Waals surface area contributed by atoms with Gasteiger partial charge in [-0.1, -0.05) is 13.0 Å². The molecule has 0 bridgehead atoms. The van der Waals surface area contributed by atoms with Crippen LogP contribution in [0.1, 0.15) is 13.3 Å². The fraction of sp³-hybridized carbons (Fsp3) is 0.200. The molecule has 2 aromatic carbocycles. The molecule has 0 amide bonds. The van der Waals surface area contributed by atoms with Crippen molar-refractivity contribution in [2.45, 2.75) is 18.2 Å². The van der Waals surface area contributed by atoms with Crippen molar-refractivity contribution in [2.24, 2.45) is 0 Å². The lowest BCUT2D eigenvalue weighted by Crippen LogP contribution is -2.13. The molecule has 2 aromatic rings. The summed E-state index contributed by atoms with van der Waals surface area (Å²) in [6.45, 7) is 2.56. The van der Waals surface area contributed by atoms with Gasteiger partial charge in [-0.3, -0.25) is 4.72 Å². The number of anilines is 1. The van der Waals surface area contributed by atoms with E-state index in [9.17, 15) is 12.8 Å². The molecule has 4 nitrogen and oxygen atoms in total. The maximum absolute atomic E-state index is 13.1. The Balaban J connectivity index is 2.15. The predicted molar refractivity (Wildman–Crippen MR) is 79.4 cm³/mol. The lowest BCUT2D eigenvalue weighted by atomic mass is 10.3. The van der Waals surface area contributed by atoms with Crippen LogP contribution >= 0.6 is 0 Å². The molecule has 0 aliphatic rings. The molecule has 6 heteroatoms. The normalized spacial score (nSPS) is 11.1. The maximum Gasteiger partial charge on any atom is 0.261 e. The fourth-order valence-corrected chi connectivity index (χ4v) is 2.75. The molecule has 0 aromatic heterocycles. The lowest BCUT2D eigenvalue weighted by molar-refractivity contribution is 0.317. The molecule has 0 aliphatic carbocycles. The Morgan fingerprint density at radius 3 is 2.48 bits per heavy atom. The number of halogens is 1. The van der Waals surface area contributed by atoms with E-state index in [-0.39, 0.29) is 10.6 Å². The summed E-state index contributed by atoms with van der Waals surface area (Å²) >= 11 is 0. The summed E-state index contributed by atoms with van der Waals surface area (Å²) in [6.07, 6.45) is 0.876. The highest BCUT2D eigenvalue weighted by molar-refractivity contribution is 7.92. The van der Waals surface area contributed by atoms with Crippen LogP contribution in [0.5, 0.6) is 5.75 Å². The van der Waals surface area contributed by atoms with Crippen LogP contribution in [0, 0.1) is 5.82 Å². The van der Waals surface area contributed by atoms with Crippen molar-refractivity contribution >= 4 is 15.7 Å². The van der Waals surface area contributed by atoms with Gasteiger partial charge in [0.2, 0.25) is 0 Å². The summed E-state index contributed by atoms with van der Waals surface area (Å²) in [5.41, 5.74) is 0.182. The minimum atomic E-state index is -3.74. The van der Waals surface area contributed by atoms with E-state index in [4.69, 9.17) is 4.74 Å². The maximum atomic E-state index is 13.1. The molecule has 2 rings (SSSR count). The molecule has 0 unspecified atom stereocenters. The Morgan fingerprint density at radius 2 is 1.86 bits per heavy atom. The lowest BCUT2D eigenvalue weighted by Gasteiger charge is -2.09. The Labute approximate surface area is 123 Å². The van der Waals surface area contributed by atoms with Gasteiger partial charge in [0.15, 0.2) is 0 Å². The second kappa shape index (κ2) is 6.58. The molecule has 21 heavy (non-hydrogen) atoms. The first-order valence-electron chi connectivity index (χ1n) is 6.52. The zero-order chi connectivity index (χ0) is 15.3. The Bertz CT molecular complexity index is 699. The second-order valence-electron chi connectivity index (χ2n) is 4.44. The van der Waals surface area contributed by atoms with Crippen LogP contribution < -0.4 is 9.46 Å². The highest BCUT2D eigenvalue weighted by Gasteiger charge is 2.14. The summed E-state index contributed by atoms with van der Waals surface area (Å²) in [4.78, 5) is 0.0932. The highest BCUT2D eigenvalue weighted by Crippen LogP contribution is 2.19. The van der Waals surface area contributed by atoms with E-state index in [0.717, 1.165) is 12.5 Å². The average Bonchev–Trinajstić information content (AvgIpc) is 2.45. The van der Waals surface area contributed by atoms with Gasteiger partial charge >= 0.3 is 0 Å². The summed E-state index contributed by atoms with van der Waals surface area (Å²) in [6, 6.07) is 11.4. The summed E-state index contributed by atoms with van der Waals surface area (Å²) in [7, 11) is -3.74. The minimum absolute atomic E-state index is 0.0932. The first-order valence-corrected chi connectivity index (χ1v) is 8.01. The van der Waals surface area contributed by atoms with Gasteiger partial charge in [-0.05, 0) is 48.9 Å². The largest absolute Gasteiger partial charge is 0.494 e. The van der Waals surface area contributed by atoms with E-state index >= 15 is 0 Å². The zero-order valence-corrected chi connectivity index (χ0v) is 12.4. The van der Waals surface area contributed by atoms with E-state index in [2.05, 4.69) is 4.72 Å². The van der Waals surface area contributed by atoms with Crippen molar-refractivity contribution in [3.63, 3.8) is 0 Å². The molecule has 0 atom stereocenters. The van der Waals surface area contributed by atoms with Gasteiger partial charge < -0.3 is 4.74 Å². The van der Waals surface area contributed by atoms with Gasteiger partial charge in [0.25, 0.3) is 10.0 Å². The standard InChI is InChI=1S/C15H16FNO3S/c1-2-10-20-14-6-8-15(9-7-14)21(18,19)17-13-5-3-4-12(16)11-13/h3-9,11,17H,2,10H2,1H3. The minimum Gasteiger partial charge on any atom is -0.494 e. The quantitative estimate of drug-likeness (QED) is 0.889. The SMILES string of the molecule is CCCOc1ccc(S(=O)(=O)Nc2cccc(F)c2)cc1. The fourth-order valence-electron chi connectivity index (χ4n) is 1.70. The van der Waals surface area contributed by atoms with E-state index in [0.29, 0.717) is 12.4 Å². The molecule has 0 saturated carbocycles. The smallest absolute Gasteiger partial charge is 0.261 e. The van der Waals surface area contributed by atoms with E-state index < -0.39 is 15.8 Å². The van der Waals surface area contributed by atoms with Crippen LogP contribution in [0.4, 0.5) is 10.1 Å². The van der Waals surface area contributed by atoms with Crippen LogP contribution in [0.3, 0.4) is 0 Å². The topological polar surface area (TPSA) is 55.4 Å². The third kappa shape index (κ3) is 4.19. The van der Waals surface area contributed by atoms with E-state index in [1.54, 1.807) is 12.1 Å². The van der Waals surface area contributed by atoms with Gasteiger partial charge in [0, 0.05) is 0 Å². The van der Waals surface area contributed by atoms with Crippen LogP contribution in [0.25, 0.3) is 0 Å². The van der Waals surface area contributed by atoms with Crippen molar-refractivity contribution in [1.82, 2.24) is 0 Å². The number of nitrogens with one attached hydrogen (secondary N) is 1. The van der Waals surface area contributed by atoms with Gasteiger partial charge in [-0.25, -0.2) is 12.8 Å². The van der Waals surface area contributed by atoms with Crippen LogP contribution in [-0.2, 0) is 10.0 Å². The third-order valence-electron chi connectivity index (χ3n) is 2.68. The molecule has 0 heterocycles. The van der Waals surface area contributed by atoms with Crippen molar-refractivity contribution in [3.8, 4) is 5.75 Å². The molecule has 0 saturated heterocycles. The number of sulfonamides is 1. The third-order valence-corrected chi connectivity index (χ3v) is 4.08. The van der Waals surface area contributed by atoms with Gasteiger partial charge in [0.1, 0.15) is 11.6 Å². The monoisotopic (exact) mass is 309 g/mol. The molecule has 0 aliphatic heterocycles. The van der Waals surface area contributed by atoms with Crippen molar-refractivity contribution in [2.75, 3.05) is 11.3 Å². The number of hydrogen-bond donors (Lipinski definition) is 1. The van der Waals surface area contributed by atoms with Crippen LogP contribution in [0.15, 0.2) is 53.4 Å². The van der Waals surface area contributed by atoms with Crippen molar-refractivity contribution < 1.29 is 17.5 Å². The predicted octanol–water partition coefficient (Wildman–Crippen LogP) is 3.42. The Hall–Kier alpha value is -2.08. The van der Waals surface area contributed by atoms with Gasteiger partial charge in [-0.2, -0.15) is 0 Å². The molecular formula is C15H16FNO3S. The number of ether oxygens (including phenoxy) is 1. The average molecular weight is 309 g/mol. The first-order chi connectivity index (χ1) is 10.0. The second-order valence-corrected chi connectivity index (χ2v) is 6.12. The number of benzene rings is 2. The zero-order valence-electron chi connectivity index (χ0n) is 11.5. The summed E-state index contributed by atoms with van der Waals surface area (Å²) in [5, 5.41) is 0. The van der Waals surface area contributed by atoms with Crippen molar-refractivity contribution in [1.29, 1.82) is 0 Å². The summed E-state index contributed by atoms with van der Waals surface area (Å²) < 4.78 is 45.1. The molecule has 0 spiro atoms. The highest BCUT2D eigenvalue weighted by atomic mass is 32.2.